The van der Waals surface area contributed by atoms with E-state index in [4.69, 9.17) is 17.0 Å². The number of amides is 1. The van der Waals surface area contributed by atoms with Crippen LogP contribution >= 0.6 is 12.2 Å². The quantitative estimate of drug-likeness (QED) is 0.568. The van der Waals surface area contributed by atoms with Crippen LogP contribution in [0, 0.1) is 0 Å². The average Bonchev–Trinajstić information content (AvgIpc) is 2.33. The fraction of sp³-hybridized carbons (Fsp3) is 0.385. The molecule has 0 radical (unpaired) electrons. The number of carbonyl (C=O) groups excluding carboxylic acids is 1. The van der Waals surface area contributed by atoms with Crippen molar-refractivity contribution in [3.63, 3.8) is 0 Å². The summed E-state index contributed by atoms with van der Waals surface area (Å²) in [6.45, 7) is 5.93. The van der Waals surface area contributed by atoms with E-state index in [1.807, 2.05) is 20.8 Å². The van der Waals surface area contributed by atoms with E-state index in [2.05, 4.69) is 16.2 Å². The smallest absolute Gasteiger partial charge is 0.273 e. The van der Waals surface area contributed by atoms with Crippen LogP contribution in [0.4, 0.5) is 0 Å². The second kappa shape index (κ2) is 6.38. The molecular weight excluding hydrogens is 262 g/mol. The molecule has 1 aromatic rings. The highest BCUT2D eigenvalue weighted by atomic mass is 32.1. The first-order valence-electron chi connectivity index (χ1n) is 5.85. The maximum Gasteiger partial charge on any atom is 0.273 e. The Morgan fingerprint density at radius 3 is 2.42 bits per heavy atom. The number of methoxy groups -OCH3 is 1. The first kappa shape index (κ1) is 15.2. The summed E-state index contributed by atoms with van der Waals surface area (Å²) < 4.78 is 5.12. The summed E-state index contributed by atoms with van der Waals surface area (Å²) in [6, 6.07) is 6.97. The van der Waals surface area contributed by atoms with Crippen LogP contribution in [0.5, 0.6) is 5.75 Å². The van der Waals surface area contributed by atoms with Crippen LogP contribution in [0.25, 0.3) is 0 Å². The minimum atomic E-state index is -0.310. The third-order valence-corrected chi connectivity index (χ3v) is 2.33. The van der Waals surface area contributed by atoms with E-state index >= 15 is 0 Å². The standard InChI is InChI=1S/C13H19N3O2S/c1-13(2,3)14-12(19)16-15-11(17)9-7-5-6-8-10(9)18-4/h5-8H,1-4H3,(H,15,17)(H2,14,16,19). The normalized spacial score (nSPS) is 10.5. The maximum atomic E-state index is 12.0. The summed E-state index contributed by atoms with van der Waals surface area (Å²) >= 11 is 5.06. The Balaban J connectivity index is 2.59. The summed E-state index contributed by atoms with van der Waals surface area (Å²) in [7, 11) is 1.52. The van der Waals surface area contributed by atoms with Crippen molar-refractivity contribution in [2.24, 2.45) is 0 Å². The van der Waals surface area contributed by atoms with E-state index in [1.54, 1.807) is 24.3 Å². The van der Waals surface area contributed by atoms with Gasteiger partial charge in [-0.15, -0.1) is 0 Å². The summed E-state index contributed by atoms with van der Waals surface area (Å²) in [6.07, 6.45) is 0. The van der Waals surface area contributed by atoms with Crippen LogP contribution < -0.4 is 20.9 Å². The van der Waals surface area contributed by atoms with Crippen LogP contribution in [0.1, 0.15) is 31.1 Å². The van der Waals surface area contributed by atoms with Crippen LogP contribution in [-0.4, -0.2) is 23.7 Å². The molecule has 5 nitrogen and oxygen atoms in total. The van der Waals surface area contributed by atoms with Crippen molar-refractivity contribution in [1.29, 1.82) is 0 Å². The SMILES string of the molecule is COc1ccccc1C(=O)NNC(=S)NC(C)(C)C. The van der Waals surface area contributed by atoms with Gasteiger partial charge in [0.1, 0.15) is 5.75 Å². The van der Waals surface area contributed by atoms with Gasteiger partial charge in [-0.25, -0.2) is 0 Å². The molecule has 1 amide bonds. The van der Waals surface area contributed by atoms with Crippen molar-refractivity contribution in [1.82, 2.24) is 16.2 Å². The molecule has 0 spiro atoms. The van der Waals surface area contributed by atoms with E-state index in [0.29, 0.717) is 16.4 Å². The molecule has 3 N–H and O–H groups in total. The molecule has 0 saturated carbocycles. The van der Waals surface area contributed by atoms with Gasteiger partial charge in [-0.2, -0.15) is 0 Å². The topological polar surface area (TPSA) is 62.4 Å². The lowest BCUT2D eigenvalue weighted by molar-refractivity contribution is 0.0940. The molecule has 0 heterocycles. The zero-order valence-corrected chi connectivity index (χ0v) is 12.4. The zero-order chi connectivity index (χ0) is 14.5. The van der Waals surface area contributed by atoms with Gasteiger partial charge >= 0.3 is 0 Å². The van der Waals surface area contributed by atoms with Crippen molar-refractivity contribution in [2.45, 2.75) is 26.3 Å². The number of hydrazine groups is 1. The number of para-hydroxylation sites is 1. The fourth-order valence-electron chi connectivity index (χ4n) is 1.38. The first-order valence-corrected chi connectivity index (χ1v) is 6.26. The Hall–Kier alpha value is -1.82. The lowest BCUT2D eigenvalue weighted by atomic mass is 10.1. The third kappa shape index (κ3) is 5.13. The number of thiocarbonyl (C=S) groups is 1. The Morgan fingerprint density at radius 1 is 1.21 bits per heavy atom. The number of nitrogens with one attached hydrogen (secondary N) is 3. The molecule has 0 unspecified atom stereocenters. The van der Waals surface area contributed by atoms with E-state index in [9.17, 15) is 4.79 Å². The van der Waals surface area contributed by atoms with Crippen molar-refractivity contribution in [3.05, 3.63) is 29.8 Å². The lowest BCUT2D eigenvalue weighted by Gasteiger charge is -2.23. The Kier molecular flexibility index (Phi) is 5.11. The van der Waals surface area contributed by atoms with Gasteiger partial charge in [-0.1, -0.05) is 12.1 Å². The number of ether oxygens (including phenoxy) is 1. The average molecular weight is 281 g/mol. The van der Waals surface area contributed by atoms with Gasteiger partial charge in [0.05, 0.1) is 12.7 Å². The molecule has 6 heteroatoms. The van der Waals surface area contributed by atoms with Gasteiger partial charge in [0.2, 0.25) is 0 Å². The molecule has 0 fully saturated rings. The van der Waals surface area contributed by atoms with Gasteiger partial charge in [-0.3, -0.25) is 15.6 Å². The molecule has 0 saturated heterocycles. The van der Waals surface area contributed by atoms with Gasteiger partial charge in [0.25, 0.3) is 5.91 Å². The van der Waals surface area contributed by atoms with Crippen LogP contribution in [0.3, 0.4) is 0 Å². The van der Waals surface area contributed by atoms with Crippen molar-refractivity contribution in [2.75, 3.05) is 7.11 Å². The summed E-state index contributed by atoms with van der Waals surface area (Å²) in [5, 5.41) is 3.39. The highest BCUT2D eigenvalue weighted by Gasteiger charge is 2.13. The Morgan fingerprint density at radius 2 is 1.84 bits per heavy atom. The number of hydrogen-bond acceptors (Lipinski definition) is 3. The highest BCUT2D eigenvalue weighted by Crippen LogP contribution is 2.16. The molecule has 19 heavy (non-hydrogen) atoms. The van der Waals surface area contributed by atoms with Gasteiger partial charge < -0.3 is 10.1 Å². The molecule has 1 rings (SSSR count). The molecule has 0 aromatic heterocycles. The Labute approximate surface area is 118 Å². The van der Waals surface area contributed by atoms with Crippen molar-refractivity contribution < 1.29 is 9.53 Å². The number of hydrogen-bond donors (Lipinski definition) is 3. The molecule has 0 aliphatic rings. The highest BCUT2D eigenvalue weighted by molar-refractivity contribution is 7.80. The minimum absolute atomic E-state index is 0.167. The summed E-state index contributed by atoms with van der Waals surface area (Å²) in [5.41, 5.74) is 5.45. The number of carbonyl (C=O) groups is 1. The van der Waals surface area contributed by atoms with Crippen LogP contribution in [0.15, 0.2) is 24.3 Å². The molecule has 0 bridgehead atoms. The second-order valence-electron chi connectivity index (χ2n) is 4.98. The van der Waals surface area contributed by atoms with Gasteiger partial charge in [0.15, 0.2) is 5.11 Å². The fourth-order valence-corrected chi connectivity index (χ4v) is 1.74. The predicted octanol–water partition coefficient (Wildman–Crippen LogP) is 1.60. The molecular formula is C13H19N3O2S. The van der Waals surface area contributed by atoms with Crippen molar-refractivity contribution >= 4 is 23.2 Å². The zero-order valence-electron chi connectivity index (χ0n) is 11.5. The monoisotopic (exact) mass is 281 g/mol. The molecule has 1 aromatic carbocycles. The van der Waals surface area contributed by atoms with Gasteiger partial charge in [0, 0.05) is 5.54 Å². The van der Waals surface area contributed by atoms with Crippen molar-refractivity contribution in [3.8, 4) is 5.75 Å². The van der Waals surface area contributed by atoms with Gasteiger partial charge in [-0.05, 0) is 45.1 Å². The van der Waals surface area contributed by atoms with E-state index in [1.165, 1.54) is 7.11 Å². The lowest BCUT2D eigenvalue weighted by Crippen LogP contribution is -2.52. The largest absolute Gasteiger partial charge is 0.496 e. The third-order valence-electron chi connectivity index (χ3n) is 2.13. The van der Waals surface area contributed by atoms with E-state index in [0.717, 1.165) is 0 Å². The minimum Gasteiger partial charge on any atom is -0.496 e. The summed E-state index contributed by atoms with van der Waals surface area (Å²) in [4.78, 5) is 12.0. The molecule has 104 valence electrons. The number of benzene rings is 1. The predicted molar refractivity (Wildman–Crippen MR) is 79.1 cm³/mol. The molecule has 0 aliphatic heterocycles. The molecule has 0 aliphatic carbocycles. The second-order valence-corrected chi connectivity index (χ2v) is 5.39. The summed E-state index contributed by atoms with van der Waals surface area (Å²) in [5.74, 6) is 0.201. The molecule has 0 atom stereocenters. The maximum absolute atomic E-state index is 12.0. The Bertz CT molecular complexity index is 469. The van der Waals surface area contributed by atoms with Crippen LogP contribution in [-0.2, 0) is 0 Å². The van der Waals surface area contributed by atoms with E-state index in [-0.39, 0.29) is 11.4 Å². The van der Waals surface area contributed by atoms with Crippen LogP contribution in [0.2, 0.25) is 0 Å². The first-order chi connectivity index (χ1) is 8.83. The number of rotatable bonds is 2. The van der Waals surface area contributed by atoms with E-state index < -0.39 is 0 Å².